The zero-order valence-corrected chi connectivity index (χ0v) is 12.8. The van der Waals surface area contributed by atoms with Crippen LogP contribution in [0.5, 0.6) is 0 Å². The fraction of sp³-hybridized carbons (Fsp3) is 0.636. The number of nitrogens with zero attached hydrogens (tertiary/aromatic N) is 2. The number of β-amino-alcohol motifs (C(OH)–C–C–N with tert-alkyl or cyclic N) is 1. The average molecular weight is 320 g/mol. The maximum atomic E-state index is 12.5. The monoisotopic (exact) mass is 320 g/mol. The van der Waals surface area contributed by atoms with E-state index in [1.165, 1.54) is 16.9 Å². The molecule has 20 heavy (non-hydrogen) atoms. The molecule has 1 fully saturated rings. The highest BCUT2D eigenvalue weighted by molar-refractivity contribution is 7.91. The second kappa shape index (κ2) is 5.76. The van der Waals surface area contributed by atoms with Gasteiger partial charge in [-0.2, -0.15) is 4.31 Å². The van der Waals surface area contributed by atoms with Gasteiger partial charge in [-0.3, -0.25) is 0 Å². The number of thiazole rings is 1. The van der Waals surface area contributed by atoms with Crippen LogP contribution in [0.25, 0.3) is 0 Å². The van der Waals surface area contributed by atoms with Crippen LogP contribution in [0, 0.1) is 5.92 Å². The lowest BCUT2D eigenvalue weighted by Gasteiger charge is -2.33. The van der Waals surface area contributed by atoms with Crippen molar-refractivity contribution in [3.05, 3.63) is 11.2 Å². The minimum absolute atomic E-state index is 0.0298. The van der Waals surface area contributed by atoms with E-state index in [0.29, 0.717) is 13.0 Å². The van der Waals surface area contributed by atoms with Gasteiger partial charge in [-0.25, -0.2) is 18.2 Å². The zero-order valence-electron chi connectivity index (χ0n) is 11.1. The Bertz CT molecular complexity index is 598. The number of aromatic nitrogens is 1. The molecule has 0 bridgehead atoms. The highest BCUT2D eigenvalue weighted by Gasteiger charge is 2.36. The van der Waals surface area contributed by atoms with Gasteiger partial charge in [0.2, 0.25) is 0 Å². The Balaban J connectivity index is 2.32. The second-order valence-corrected chi connectivity index (χ2v) is 7.66. The smallest absolute Gasteiger partial charge is 0.358 e. The summed E-state index contributed by atoms with van der Waals surface area (Å²) in [5.74, 6) is -0.723. The standard InChI is InChI=1S/C11H16N2O5S2/c1-7-3-4-13(5-8(7)14)20(16,17)11-9(10(15)18-2)12-6-19-11/h6-8,14H,3-5H2,1-2H3. The minimum atomic E-state index is -3.83. The van der Waals surface area contributed by atoms with E-state index in [1.54, 1.807) is 0 Å². The van der Waals surface area contributed by atoms with Crippen molar-refractivity contribution in [3.63, 3.8) is 0 Å². The van der Waals surface area contributed by atoms with Crippen LogP contribution in [-0.2, 0) is 14.8 Å². The number of rotatable bonds is 3. The predicted octanol–water partition coefficient (Wildman–Crippen LogP) is 0.321. The SMILES string of the molecule is COC(=O)c1ncsc1S(=O)(=O)N1CCC(C)C(O)C1. The van der Waals surface area contributed by atoms with E-state index in [9.17, 15) is 18.3 Å². The van der Waals surface area contributed by atoms with Crippen molar-refractivity contribution in [1.29, 1.82) is 0 Å². The van der Waals surface area contributed by atoms with E-state index >= 15 is 0 Å². The molecule has 0 radical (unpaired) electrons. The number of methoxy groups -OCH3 is 1. The summed E-state index contributed by atoms with van der Waals surface area (Å²) in [4.78, 5) is 15.3. The summed E-state index contributed by atoms with van der Waals surface area (Å²) in [6.45, 7) is 2.22. The first-order valence-corrected chi connectivity index (χ1v) is 8.40. The molecule has 0 aliphatic carbocycles. The predicted molar refractivity (Wildman–Crippen MR) is 72.0 cm³/mol. The van der Waals surface area contributed by atoms with Gasteiger partial charge < -0.3 is 9.84 Å². The Morgan fingerprint density at radius 3 is 2.90 bits per heavy atom. The maximum Gasteiger partial charge on any atom is 0.358 e. The van der Waals surface area contributed by atoms with Crippen LogP contribution in [0.3, 0.4) is 0 Å². The molecule has 1 aliphatic heterocycles. The molecule has 0 aromatic carbocycles. The van der Waals surface area contributed by atoms with Crippen LogP contribution in [-0.4, -0.2) is 55.1 Å². The Morgan fingerprint density at radius 2 is 2.30 bits per heavy atom. The molecule has 7 nitrogen and oxygen atoms in total. The number of ether oxygens (including phenoxy) is 1. The fourth-order valence-electron chi connectivity index (χ4n) is 2.01. The van der Waals surface area contributed by atoms with Gasteiger partial charge >= 0.3 is 5.97 Å². The lowest BCUT2D eigenvalue weighted by molar-refractivity contribution is 0.0585. The summed E-state index contributed by atoms with van der Waals surface area (Å²) >= 11 is 0.873. The number of carbonyl (C=O) groups is 1. The van der Waals surface area contributed by atoms with Crippen LogP contribution < -0.4 is 0 Å². The topological polar surface area (TPSA) is 96.8 Å². The van der Waals surface area contributed by atoms with Crippen molar-refractivity contribution in [3.8, 4) is 0 Å². The first-order valence-electron chi connectivity index (χ1n) is 6.08. The molecule has 2 heterocycles. The lowest BCUT2D eigenvalue weighted by Crippen LogP contribution is -2.45. The molecule has 2 atom stereocenters. The molecular formula is C11H16N2O5S2. The first-order chi connectivity index (χ1) is 9.37. The summed E-state index contributed by atoms with van der Waals surface area (Å²) in [6, 6.07) is 0. The second-order valence-electron chi connectivity index (χ2n) is 4.68. The third-order valence-corrected chi connectivity index (χ3v) is 6.58. The van der Waals surface area contributed by atoms with E-state index in [-0.39, 0.29) is 22.4 Å². The van der Waals surface area contributed by atoms with E-state index in [4.69, 9.17) is 0 Å². The molecule has 1 saturated heterocycles. The van der Waals surface area contributed by atoms with Gasteiger partial charge in [0.05, 0.1) is 18.7 Å². The van der Waals surface area contributed by atoms with Crippen molar-refractivity contribution in [2.75, 3.05) is 20.2 Å². The van der Waals surface area contributed by atoms with Crippen molar-refractivity contribution in [2.24, 2.45) is 5.92 Å². The van der Waals surface area contributed by atoms with Crippen LogP contribution in [0.1, 0.15) is 23.8 Å². The number of hydrogen-bond donors (Lipinski definition) is 1. The van der Waals surface area contributed by atoms with Crippen molar-refractivity contribution in [1.82, 2.24) is 9.29 Å². The van der Waals surface area contributed by atoms with E-state index in [0.717, 1.165) is 11.3 Å². The molecule has 112 valence electrons. The number of sulfonamides is 1. The number of aliphatic hydroxyl groups excluding tert-OH is 1. The summed E-state index contributed by atoms with van der Waals surface area (Å²) < 4.78 is 30.6. The van der Waals surface area contributed by atoms with Crippen LogP contribution in [0.4, 0.5) is 0 Å². The van der Waals surface area contributed by atoms with Gasteiger partial charge in [0, 0.05) is 13.1 Å². The minimum Gasteiger partial charge on any atom is -0.464 e. The zero-order chi connectivity index (χ0) is 14.9. The Labute approximate surface area is 121 Å². The molecule has 1 aromatic rings. The largest absolute Gasteiger partial charge is 0.464 e. The van der Waals surface area contributed by atoms with Crippen molar-refractivity contribution >= 4 is 27.3 Å². The number of esters is 1. The summed E-state index contributed by atoms with van der Waals surface area (Å²) in [5.41, 5.74) is 1.09. The highest BCUT2D eigenvalue weighted by Crippen LogP contribution is 2.28. The average Bonchev–Trinajstić information content (AvgIpc) is 2.90. The summed E-state index contributed by atoms with van der Waals surface area (Å²) in [6.07, 6.45) is -0.125. The number of hydrogen-bond acceptors (Lipinski definition) is 7. The molecule has 2 unspecified atom stereocenters. The van der Waals surface area contributed by atoms with Gasteiger partial charge in [-0.1, -0.05) is 6.92 Å². The van der Waals surface area contributed by atoms with Crippen molar-refractivity contribution < 1.29 is 23.1 Å². The molecule has 9 heteroatoms. The van der Waals surface area contributed by atoms with Gasteiger partial charge in [0.25, 0.3) is 10.0 Å². The normalized spacial score (nSPS) is 24.6. The third kappa shape index (κ3) is 2.71. The fourth-order valence-corrected chi connectivity index (χ4v) is 4.75. The molecule has 2 rings (SSSR count). The van der Waals surface area contributed by atoms with Gasteiger partial charge in [0.1, 0.15) is 0 Å². The van der Waals surface area contributed by atoms with Crippen LogP contribution in [0.15, 0.2) is 9.72 Å². The lowest BCUT2D eigenvalue weighted by atomic mass is 9.98. The molecule has 1 aromatic heterocycles. The molecule has 1 aliphatic rings. The number of piperidine rings is 1. The first kappa shape index (κ1) is 15.4. The van der Waals surface area contributed by atoms with E-state index in [1.807, 2.05) is 6.92 Å². The molecular weight excluding hydrogens is 304 g/mol. The molecule has 0 saturated carbocycles. The van der Waals surface area contributed by atoms with Gasteiger partial charge in [0.15, 0.2) is 9.90 Å². The van der Waals surface area contributed by atoms with Gasteiger partial charge in [-0.05, 0) is 12.3 Å². The maximum absolute atomic E-state index is 12.5. The molecule has 0 amide bonds. The molecule has 0 spiro atoms. The number of carbonyl (C=O) groups excluding carboxylic acids is 1. The van der Waals surface area contributed by atoms with E-state index in [2.05, 4.69) is 9.72 Å². The van der Waals surface area contributed by atoms with E-state index < -0.39 is 22.1 Å². The molecule has 1 N–H and O–H groups in total. The van der Waals surface area contributed by atoms with Crippen LogP contribution in [0.2, 0.25) is 0 Å². The van der Waals surface area contributed by atoms with Gasteiger partial charge in [-0.15, -0.1) is 11.3 Å². The quantitative estimate of drug-likeness (QED) is 0.806. The highest BCUT2D eigenvalue weighted by atomic mass is 32.2. The third-order valence-electron chi connectivity index (χ3n) is 3.37. The Hall–Kier alpha value is -1.03. The summed E-state index contributed by atoms with van der Waals surface area (Å²) in [5, 5.41) is 9.82. The Morgan fingerprint density at radius 1 is 1.60 bits per heavy atom. The Kier molecular flexibility index (Phi) is 4.43. The van der Waals surface area contributed by atoms with Crippen molar-refractivity contribution in [2.45, 2.75) is 23.7 Å². The van der Waals surface area contributed by atoms with Crippen LogP contribution >= 0.6 is 11.3 Å². The summed E-state index contributed by atoms with van der Waals surface area (Å²) in [7, 11) is -2.66. The number of aliphatic hydroxyl groups is 1.